The lowest BCUT2D eigenvalue weighted by molar-refractivity contribution is -0.117. The molecule has 0 spiro atoms. The van der Waals surface area contributed by atoms with E-state index < -0.39 is 6.03 Å². The van der Waals surface area contributed by atoms with Gasteiger partial charge in [-0.15, -0.1) is 11.8 Å². The van der Waals surface area contributed by atoms with E-state index in [0.29, 0.717) is 0 Å². The molecule has 0 aliphatic rings. The maximum absolute atomic E-state index is 11.5. The van der Waals surface area contributed by atoms with Crippen molar-refractivity contribution in [3.63, 3.8) is 0 Å². The first-order chi connectivity index (χ1) is 10.2. The fourth-order valence-electron chi connectivity index (χ4n) is 1.75. The van der Waals surface area contributed by atoms with Gasteiger partial charge in [0.15, 0.2) is 0 Å². The minimum Gasteiger partial charge on any atom is -0.341 e. The third-order valence-electron chi connectivity index (χ3n) is 2.81. The van der Waals surface area contributed by atoms with Crippen LogP contribution in [0.15, 0.2) is 59.5 Å². The number of nitrogens with one attached hydrogen (secondary N) is 2. The summed E-state index contributed by atoms with van der Waals surface area (Å²) in [5.74, 6) is -0.107. The van der Waals surface area contributed by atoms with Crippen LogP contribution < -0.4 is 10.6 Å². The van der Waals surface area contributed by atoms with Crippen LogP contribution in [0.5, 0.6) is 0 Å². The molecule has 2 rings (SSSR count). The number of amides is 3. The third kappa shape index (κ3) is 4.65. The number of rotatable bonds is 4. The molecular formula is C16H16N2O2S. The molecule has 2 aromatic carbocycles. The maximum atomic E-state index is 11.5. The highest BCUT2D eigenvalue weighted by molar-refractivity contribution is 8.00. The van der Waals surface area contributed by atoms with Crippen LogP contribution in [0.2, 0.25) is 0 Å². The standard InChI is InChI=1S/C16H16N2O2S/c1-17-16(20)18-15(19)11-21-14-9-7-13(8-10-14)12-5-3-2-4-6-12/h2-10H,11H2,1H3,(H2,17,18,19,20). The molecule has 21 heavy (non-hydrogen) atoms. The molecule has 0 fully saturated rings. The van der Waals surface area contributed by atoms with Gasteiger partial charge < -0.3 is 5.32 Å². The second-order valence-corrected chi connectivity index (χ2v) is 5.36. The Kier molecular flexibility index (Phi) is 5.40. The van der Waals surface area contributed by atoms with Gasteiger partial charge in [0.25, 0.3) is 0 Å². The highest BCUT2D eigenvalue weighted by Gasteiger charge is 2.06. The zero-order chi connectivity index (χ0) is 15.1. The molecule has 0 aromatic heterocycles. The number of thioether (sulfide) groups is 1. The number of urea groups is 1. The Balaban J connectivity index is 1.91. The Labute approximate surface area is 127 Å². The predicted octanol–water partition coefficient (Wildman–Crippen LogP) is 2.90. The van der Waals surface area contributed by atoms with E-state index in [1.807, 2.05) is 42.5 Å². The predicted molar refractivity (Wildman–Crippen MR) is 85.2 cm³/mol. The summed E-state index contributed by atoms with van der Waals surface area (Å²) in [4.78, 5) is 23.5. The van der Waals surface area contributed by atoms with Crippen LogP contribution in [-0.2, 0) is 4.79 Å². The Bertz CT molecular complexity index is 612. The van der Waals surface area contributed by atoms with Gasteiger partial charge >= 0.3 is 6.03 Å². The minimum absolute atomic E-state index is 0.206. The zero-order valence-electron chi connectivity index (χ0n) is 11.6. The zero-order valence-corrected chi connectivity index (χ0v) is 12.4. The molecule has 2 N–H and O–H groups in total. The Morgan fingerprint density at radius 3 is 2.19 bits per heavy atom. The third-order valence-corrected chi connectivity index (χ3v) is 3.82. The number of carbonyl (C=O) groups excluding carboxylic acids is 2. The molecular weight excluding hydrogens is 284 g/mol. The molecule has 0 unspecified atom stereocenters. The van der Waals surface area contributed by atoms with Crippen molar-refractivity contribution < 1.29 is 9.59 Å². The lowest BCUT2D eigenvalue weighted by Gasteiger charge is -2.05. The SMILES string of the molecule is CNC(=O)NC(=O)CSc1ccc(-c2ccccc2)cc1. The van der Waals surface area contributed by atoms with E-state index in [-0.39, 0.29) is 11.7 Å². The fourth-order valence-corrected chi connectivity index (χ4v) is 2.45. The van der Waals surface area contributed by atoms with Crippen molar-refractivity contribution in [2.24, 2.45) is 0 Å². The molecule has 4 nitrogen and oxygen atoms in total. The Morgan fingerprint density at radius 1 is 0.952 bits per heavy atom. The summed E-state index contributed by atoms with van der Waals surface area (Å²) >= 11 is 1.39. The largest absolute Gasteiger partial charge is 0.341 e. The van der Waals surface area contributed by atoms with Gasteiger partial charge in [-0.05, 0) is 23.3 Å². The summed E-state index contributed by atoms with van der Waals surface area (Å²) in [5.41, 5.74) is 2.29. The van der Waals surface area contributed by atoms with E-state index in [1.165, 1.54) is 18.8 Å². The molecule has 0 bridgehead atoms. The van der Waals surface area contributed by atoms with Gasteiger partial charge in [-0.2, -0.15) is 0 Å². The molecule has 0 aliphatic heterocycles. The van der Waals surface area contributed by atoms with Crippen molar-refractivity contribution in [3.8, 4) is 11.1 Å². The number of benzene rings is 2. The van der Waals surface area contributed by atoms with Gasteiger partial charge in [0.2, 0.25) is 5.91 Å². The molecule has 0 radical (unpaired) electrons. The van der Waals surface area contributed by atoms with Crippen molar-refractivity contribution in [1.82, 2.24) is 10.6 Å². The summed E-state index contributed by atoms with van der Waals surface area (Å²) in [6, 6.07) is 17.6. The molecule has 108 valence electrons. The van der Waals surface area contributed by atoms with Crippen LogP contribution in [0, 0.1) is 0 Å². The van der Waals surface area contributed by atoms with Gasteiger partial charge in [-0.25, -0.2) is 4.79 Å². The molecule has 0 aliphatic carbocycles. The van der Waals surface area contributed by atoms with Crippen LogP contribution in [0.25, 0.3) is 11.1 Å². The lowest BCUT2D eigenvalue weighted by Crippen LogP contribution is -2.38. The average molecular weight is 300 g/mol. The first-order valence-corrected chi connectivity index (χ1v) is 7.47. The summed E-state index contributed by atoms with van der Waals surface area (Å²) in [6.07, 6.45) is 0. The second kappa shape index (κ2) is 7.50. The van der Waals surface area contributed by atoms with Crippen molar-refractivity contribution in [2.75, 3.05) is 12.8 Å². The average Bonchev–Trinajstić information content (AvgIpc) is 2.54. The molecule has 0 saturated carbocycles. The molecule has 5 heteroatoms. The van der Waals surface area contributed by atoms with Gasteiger partial charge in [-0.3, -0.25) is 10.1 Å². The van der Waals surface area contributed by atoms with Gasteiger partial charge in [-0.1, -0.05) is 42.5 Å². The highest BCUT2D eigenvalue weighted by atomic mass is 32.2. The van der Waals surface area contributed by atoms with Gasteiger partial charge in [0.05, 0.1) is 5.75 Å². The van der Waals surface area contributed by atoms with Crippen molar-refractivity contribution in [3.05, 3.63) is 54.6 Å². The van der Waals surface area contributed by atoms with Crippen LogP contribution in [0.1, 0.15) is 0 Å². The van der Waals surface area contributed by atoms with E-state index in [4.69, 9.17) is 0 Å². The number of hydrogen-bond donors (Lipinski definition) is 2. The van der Waals surface area contributed by atoms with Crippen LogP contribution in [0.3, 0.4) is 0 Å². The second-order valence-electron chi connectivity index (χ2n) is 4.31. The van der Waals surface area contributed by atoms with E-state index in [9.17, 15) is 9.59 Å². The quantitative estimate of drug-likeness (QED) is 0.854. The monoisotopic (exact) mass is 300 g/mol. The molecule has 0 saturated heterocycles. The Morgan fingerprint density at radius 2 is 1.57 bits per heavy atom. The first kappa shape index (κ1) is 15.1. The van der Waals surface area contributed by atoms with Crippen molar-refractivity contribution in [1.29, 1.82) is 0 Å². The van der Waals surface area contributed by atoms with Crippen LogP contribution >= 0.6 is 11.8 Å². The van der Waals surface area contributed by atoms with Crippen LogP contribution in [0.4, 0.5) is 4.79 Å². The molecule has 2 aromatic rings. The number of imide groups is 1. The molecule has 0 atom stereocenters. The smallest absolute Gasteiger partial charge is 0.321 e. The van der Waals surface area contributed by atoms with Crippen molar-refractivity contribution in [2.45, 2.75) is 4.90 Å². The normalized spacial score (nSPS) is 9.95. The molecule has 0 heterocycles. The van der Waals surface area contributed by atoms with E-state index in [1.54, 1.807) is 0 Å². The number of hydrogen-bond acceptors (Lipinski definition) is 3. The summed E-state index contributed by atoms with van der Waals surface area (Å²) < 4.78 is 0. The fraction of sp³-hybridized carbons (Fsp3) is 0.125. The van der Waals surface area contributed by atoms with E-state index in [2.05, 4.69) is 22.8 Å². The van der Waals surface area contributed by atoms with Gasteiger partial charge in [0.1, 0.15) is 0 Å². The van der Waals surface area contributed by atoms with E-state index >= 15 is 0 Å². The highest BCUT2D eigenvalue weighted by Crippen LogP contribution is 2.23. The maximum Gasteiger partial charge on any atom is 0.321 e. The van der Waals surface area contributed by atoms with Crippen molar-refractivity contribution >= 4 is 23.7 Å². The topological polar surface area (TPSA) is 58.2 Å². The lowest BCUT2D eigenvalue weighted by atomic mass is 10.1. The molecule has 3 amide bonds. The minimum atomic E-state index is -0.486. The summed E-state index contributed by atoms with van der Waals surface area (Å²) in [5, 5.41) is 4.57. The van der Waals surface area contributed by atoms with Crippen LogP contribution in [-0.4, -0.2) is 24.7 Å². The summed E-state index contributed by atoms with van der Waals surface area (Å²) in [7, 11) is 1.47. The number of carbonyl (C=O) groups is 2. The summed E-state index contributed by atoms with van der Waals surface area (Å²) in [6.45, 7) is 0. The Hall–Kier alpha value is -2.27. The van der Waals surface area contributed by atoms with Gasteiger partial charge in [0, 0.05) is 11.9 Å². The van der Waals surface area contributed by atoms with E-state index in [0.717, 1.165) is 16.0 Å². The first-order valence-electron chi connectivity index (χ1n) is 6.49.